The SMILES string of the molecule is CN(C)CCCN(C)C1CC(O)CCC1(C)C. The number of rotatable bonds is 5. The second-order valence-electron chi connectivity index (χ2n) is 6.57. The van der Waals surface area contributed by atoms with Crippen LogP contribution in [-0.2, 0) is 0 Å². The zero-order chi connectivity index (χ0) is 13.1. The molecule has 1 fully saturated rings. The Hall–Kier alpha value is -0.120. The molecule has 0 bridgehead atoms. The summed E-state index contributed by atoms with van der Waals surface area (Å²) in [7, 11) is 6.45. The number of aliphatic hydroxyl groups excluding tert-OH is 1. The summed E-state index contributed by atoms with van der Waals surface area (Å²) >= 11 is 0. The molecule has 2 unspecified atom stereocenters. The molecule has 0 aromatic carbocycles. The van der Waals surface area contributed by atoms with E-state index in [-0.39, 0.29) is 6.10 Å². The first kappa shape index (κ1) is 14.9. The number of hydrogen-bond acceptors (Lipinski definition) is 3. The second-order valence-corrected chi connectivity index (χ2v) is 6.57. The molecule has 1 aliphatic rings. The molecule has 0 heterocycles. The van der Waals surface area contributed by atoms with Crippen molar-refractivity contribution < 1.29 is 5.11 Å². The minimum atomic E-state index is -0.0932. The van der Waals surface area contributed by atoms with Gasteiger partial charge in [-0.3, -0.25) is 0 Å². The first-order chi connectivity index (χ1) is 7.83. The summed E-state index contributed by atoms with van der Waals surface area (Å²) in [5.74, 6) is 0. The van der Waals surface area contributed by atoms with Gasteiger partial charge in [-0.1, -0.05) is 13.8 Å². The Balaban J connectivity index is 2.44. The molecule has 0 aliphatic heterocycles. The van der Waals surface area contributed by atoms with E-state index in [0.29, 0.717) is 11.5 Å². The first-order valence-corrected chi connectivity index (χ1v) is 6.86. The molecule has 1 saturated carbocycles. The van der Waals surface area contributed by atoms with E-state index in [4.69, 9.17) is 0 Å². The number of nitrogens with zero attached hydrogens (tertiary/aromatic N) is 2. The topological polar surface area (TPSA) is 26.7 Å². The minimum absolute atomic E-state index is 0.0932. The highest BCUT2D eigenvalue weighted by Gasteiger charge is 2.37. The molecular formula is C14H30N2O. The molecule has 0 aromatic rings. The summed E-state index contributed by atoms with van der Waals surface area (Å²) < 4.78 is 0. The maximum atomic E-state index is 9.84. The zero-order valence-corrected chi connectivity index (χ0v) is 12.2. The molecule has 3 heteroatoms. The van der Waals surface area contributed by atoms with E-state index >= 15 is 0 Å². The Labute approximate surface area is 107 Å². The maximum absolute atomic E-state index is 9.84. The molecule has 3 nitrogen and oxygen atoms in total. The lowest BCUT2D eigenvalue weighted by atomic mass is 9.71. The van der Waals surface area contributed by atoms with Gasteiger partial charge in [0.25, 0.3) is 0 Å². The van der Waals surface area contributed by atoms with Gasteiger partial charge in [0.1, 0.15) is 0 Å². The standard InChI is InChI=1S/C14H30N2O/c1-14(2)8-7-12(17)11-13(14)16(5)10-6-9-15(3)4/h12-13,17H,6-11H2,1-5H3. The fraction of sp³-hybridized carbons (Fsp3) is 1.00. The van der Waals surface area contributed by atoms with Gasteiger partial charge < -0.3 is 14.9 Å². The monoisotopic (exact) mass is 242 g/mol. The highest BCUT2D eigenvalue weighted by Crippen LogP contribution is 2.38. The van der Waals surface area contributed by atoms with Gasteiger partial charge in [-0.15, -0.1) is 0 Å². The first-order valence-electron chi connectivity index (χ1n) is 6.86. The van der Waals surface area contributed by atoms with Crippen LogP contribution >= 0.6 is 0 Å². The van der Waals surface area contributed by atoms with Crippen molar-refractivity contribution >= 4 is 0 Å². The third kappa shape index (κ3) is 4.57. The second kappa shape index (κ2) is 6.17. The fourth-order valence-corrected chi connectivity index (χ4v) is 2.97. The van der Waals surface area contributed by atoms with E-state index in [9.17, 15) is 5.11 Å². The third-order valence-electron chi connectivity index (χ3n) is 4.17. The van der Waals surface area contributed by atoms with E-state index in [1.807, 2.05) is 0 Å². The number of aliphatic hydroxyl groups is 1. The lowest BCUT2D eigenvalue weighted by Gasteiger charge is -2.45. The summed E-state index contributed by atoms with van der Waals surface area (Å²) in [5, 5.41) is 9.84. The van der Waals surface area contributed by atoms with Gasteiger partial charge in [-0.25, -0.2) is 0 Å². The van der Waals surface area contributed by atoms with Crippen LogP contribution in [0.15, 0.2) is 0 Å². The Kier molecular flexibility index (Phi) is 5.42. The van der Waals surface area contributed by atoms with E-state index in [1.165, 1.54) is 6.42 Å². The molecule has 1 aliphatic carbocycles. The number of hydrogen-bond donors (Lipinski definition) is 1. The van der Waals surface area contributed by atoms with Crippen molar-refractivity contribution in [1.82, 2.24) is 9.80 Å². The van der Waals surface area contributed by atoms with Crippen LogP contribution in [0.25, 0.3) is 0 Å². The summed E-state index contributed by atoms with van der Waals surface area (Å²) in [6.07, 6.45) is 4.15. The molecule has 0 amide bonds. The zero-order valence-electron chi connectivity index (χ0n) is 12.2. The predicted molar refractivity (Wildman–Crippen MR) is 73.2 cm³/mol. The lowest BCUT2D eigenvalue weighted by molar-refractivity contribution is -0.00187. The van der Waals surface area contributed by atoms with Crippen LogP contribution in [-0.4, -0.2) is 61.3 Å². The van der Waals surface area contributed by atoms with Gasteiger partial charge in [0.15, 0.2) is 0 Å². The van der Waals surface area contributed by atoms with E-state index < -0.39 is 0 Å². The molecule has 1 rings (SSSR count). The molecule has 1 N–H and O–H groups in total. The molecule has 0 spiro atoms. The van der Waals surface area contributed by atoms with Crippen molar-refractivity contribution in [3.8, 4) is 0 Å². The average molecular weight is 242 g/mol. The highest BCUT2D eigenvalue weighted by molar-refractivity contribution is 4.91. The Morgan fingerprint density at radius 2 is 1.82 bits per heavy atom. The molecule has 0 radical (unpaired) electrons. The largest absolute Gasteiger partial charge is 0.393 e. The van der Waals surface area contributed by atoms with Crippen LogP contribution in [0.4, 0.5) is 0 Å². The molecule has 17 heavy (non-hydrogen) atoms. The van der Waals surface area contributed by atoms with Crippen LogP contribution in [0.1, 0.15) is 39.5 Å². The predicted octanol–water partition coefficient (Wildman–Crippen LogP) is 1.81. The fourth-order valence-electron chi connectivity index (χ4n) is 2.97. The highest BCUT2D eigenvalue weighted by atomic mass is 16.3. The quantitative estimate of drug-likeness (QED) is 0.796. The molecular weight excluding hydrogens is 212 g/mol. The van der Waals surface area contributed by atoms with Gasteiger partial charge in [0.2, 0.25) is 0 Å². The van der Waals surface area contributed by atoms with Crippen LogP contribution in [0.3, 0.4) is 0 Å². The Morgan fingerprint density at radius 3 is 2.41 bits per heavy atom. The Bertz CT molecular complexity index is 228. The van der Waals surface area contributed by atoms with Crippen molar-refractivity contribution in [2.24, 2.45) is 5.41 Å². The van der Waals surface area contributed by atoms with Crippen molar-refractivity contribution in [2.45, 2.75) is 51.7 Å². The van der Waals surface area contributed by atoms with Gasteiger partial charge in [0, 0.05) is 6.04 Å². The lowest BCUT2D eigenvalue weighted by Crippen LogP contribution is -2.49. The summed E-state index contributed by atoms with van der Waals surface area (Å²) in [5.41, 5.74) is 0.339. The summed E-state index contributed by atoms with van der Waals surface area (Å²) in [6, 6.07) is 0.522. The van der Waals surface area contributed by atoms with Gasteiger partial charge >= 0.3 is 0 Å². The van der Waals surface area contributed by atoms with Gasteiger partial charge in [-0.2, -0.15) is 0 Å². The van der Waals surface area contributed by atoms with Crippen molar-refractivity contribution in [1.29, 1.82) is 0 Å². The molecule has 0 aromatic heterocycles. The third-order valence-corrected chi connectivity index (χ3v) is 4.17. The van der Waals surface area contributed by atoms with Gasteiger partial charge in [-0.05, 0) is 65.3 Å². The molecule has 102 valence electrons. The van der Waals surface area contributed by atoms with Gasteiger partial charge in [0.05, 0.1) is 6.10 Å². The van der Waals surface area contributed by atoms with E-state index in [0.717, 1.165) is 32.4 Å². The van der Waals surface area contributed by atoms with Crippen LogP contribution in [0, 0.1) is 5.41 Å². The van der Waals surface area contributed by atoms with Crippen molar-refractivity contribution in [3.05, 3.63) is 0 Å². The Morgan fingerprint density at radius 1 is 1.18 bits per heavy atom. The molecule has 2 atom stereocenters. The van der Waals surface area contributed by atoms with Crippen LogP contribution in [0.5, 0.6) is 0 Å². The van der Waals surface area contributed by atoms with Crippen LogP contribution < -0.4 is 0 Å². The normalized spacial score (nSPS) is 28.9. The summed E-state index contributed by atoms with van der Waals surface area (Å²) in [6.45, 7) is 6.94. The van der Waals surface area contributed by atoms with Crippen molar-refractivity contribution in [3.63, 3.8) is 0 Å². The smallest absolute Gasteiger partial charge is 0.0555 e. The minimum Gasteiger partial charge on any atom is -0.393 e. The van der Waals surface area contributed by atoms with Crippen LogP contribution in [0.2, 0.25) is 0 Å². The van der Waals surface area contributed by atoms with E-state index in [2.05, 4.69) is 44.8 Å². The molecule has 0 saturated heterocycles. The summed E-state index contributed by atoms with van der Waals surface area (Å²) in [4.78, 5) is 4.68. The van der Waals surface area contributed by atoms with Crippen molar-refractivity contribution in [2.75, 3.05) is 34.2 Å². The van der Waals surface area contributed by atoms with E-state index in [1.54, 1.807) is 0 Å². The average Bonchev–Trinajstić information content (AvgIpc) is 2.21. The maximum Gasteiger partial charge on any atom is 0.0555 e.